The number of carbonyl (C=O) groups is 2. The number of amides is 1. The predicted octanol–water partition coefficient (Wildman–Crippen LogP) is 9.20. The second kappa shape index (κ2) is 18.0. The van der Waals surface area contributed by atoms with Gasteiger partial charge in [0.15, 0.2) is 12.1 Å². The zero-order valence-electron chi connectivity index (χ0n) is 28.3. The highest BCUT2D eigenvalue weighted by Crippen LogP contribution is 2.41. The van der Waals surface area contributed by atoms with Crippen molar-refractivity contribution in [3.8, 4) is 22.6 Å². The van der Waals surface area contributed by atoms with Gasteiger partial charge >= 0.3 is 5.97 Å². The van der Waals surface area contributed by atoms with E-state index in [0.29, 0.717) is 48.1 Å². The summed E-state index contributed by atoms with van der Waals surface area (Å²) in [6, 6.07) is 35.3. The Hall–Kier alpha value is -4.74. The summed E-state index contributed by atoms with van der Waals surface area (Å²) >= 11 is 1.50. The number of carboxylic acids is 1. The van der Waals surface area contributed by atoms with Gasteiger partial charge in [0.25, 0.3) is 5.22 Å². The number of rotatable bonds is 16. The molecule has 6 rings (SSSR count). The molecule has 0 bridgehead atoms. The van der Waals surface area contributed by atoms with Crippen molar-refractivity contribution in [3.63, 3.8) is 0 Å². The standard InChI is InChI=1S/C41H42N2O7S/c44-26-28-20-22-29(23-21-28)35-25-34(27-51-41-43-38(30-12-5-3-6-13-30)39(50-41)31-14-7-4-8-15-31)48-40(49-35)32-16-11-17-33(24-32)42-36(45)18-9-1-2-10-19-37(46)47/h3-8,11-17,20-24,34-35,40,44H,1-2,9-10,18-19,25-27H2,(H,42,45)(H,46,47)/t34-,35+,40+/m0/s1. The van der Waals surface area contributed by atoms with E-state index >= 15 is 0 Å². The molecule has 10 heteroatoms. The molecule has 3 N–H and O–H groups in total. The highest BCUT2D eigenvalue weighted by molar-refractivity contribution is 7.99. The molecule has 51 heavy (non-hydrogen) atoms. The quantitative estimate of drug-likeness (QED) is 0.0679. The second-order valence-corrected chi connectivity index (χ2v) is 13.5. The summed E-state index contributed by atoms with van der Waals surface area (Å²) in [5, 5.41) is 21.9. The second-order valence-electron chi connectivity index (χ2n) is 12.5. The van der Waals surface area contributed by atoms with Crippen LogP contribution >= 0.6 is 11.8 Å². The fraction of sp³-hybridized carbons (Fsp3) is 0.293. The van der Waals surface area contributed by atoms with Gasteiger partial charge in [0.2, 0.25) is 5.91 Å². The van der Waals surface area contributed by atoms with Gasteiger partial charge in [-0.2, -0.15) is 0 Å². The maximum Gasteiger partial charge on any atom is 0.303 e. The number of oxazole rings is 1. The van der Waals surface area contributed by atoms with Crippen LogP contribution in [0.2, 0.25) is 0 Å². The van der Waals surface area contributed by atoms with E-state index < -0.39 is 12.3 Å². The number of nitrogens with one attached hydrogen (secondary N) is 1. The van der Waals surface area contributed by atoms with Crippen molar-refractivity contribution in [2.45, 2.75) is 75.3 Å². The molecule has 4 aromatic carbocycles. The van der Waals surface area contributed by atoms with Crippen LogP contribution in [0.5, 0.6) is 0 Å². The largest absolute Gasteiger partial charge is 0.481 e. The van der Waals surface area contributed by atoms with E-state index in [1.54, 1.807) is 0 Å². The Kier molecular flexibility index (Phi) is 12.7. The number of anilines is 1. The number of carbonyl (C=O) groups excluding carboxylic acids is 1. The number of aliphatic hydroxyl groups excluding tert-OH is 1. The summed E-state index contributed by atoms with van der Waals surface area (Å²) in [5.41, 5.74) is 5.95. The van der Waals surface area contributed by atoms with E-state index in [9.17, 15) is 14.7 Å². The number of hydrogen-bond donors (Lipinski definition) is 3. The van der Waals surface area contributed by atoms with Crippen LogP contribution in [0.4, 0.5) is 5.69 Å². The minimum atomic E-state index is -0.793. The van der Waals surface area contributed by atoms with E-state index in [1.165, 1.54) is 11.8 Å². The summed E-state index contributed by atoms with van der Waals surface area (Å²) in [7, 11) is 0. The number of carboxylic acid groups (broad SMARTS) is 1. The maximum absolute atomic E-state index is 12.7. The lowest BCUT2D eigenvalue weighted by Gasteiger charge is -2.36. The first-order valence-corrected chi connectivity index (χ1v) is 18.3. The first-order chi connectivity index (χ1) is 24.9. The highest BCUT2D eigenvalue weighted by Gasteiger charge is 2.33. The Morgan fingerprint density at radius 1 is 0.784 bits per heavy atom. The maximum atomic E-state index is 12.7. The molecule has 0 unspecified atom stereocenters. The van der Waals surface area contributed by atoms with Crippen LogP contribution in [0.25, 0.3) is 22.6 Å². The number of nitrogens with zero attached hydrogens (tertiary/aromatic N) is 1. The van der Waals surface area contributed by atoms with Crippen molar-refractivity contribution in [1.82, 2.24) is 4.98 Å². The molecule has 2 heterocycles. The zero-order valence-corrected chi connectivity index (χ0v) is 29.1. The molecule has 0 spiro atoms. The monoisotopic (exact) mass is 706 g/mol. The molecular weight excluding hydrogens is 665 g/mol. The third kappa shape index (κ3) is 10.2. The van der Waals surface area contributed by atoms with Gasteiger partial charge in [-0.1, -0.05) is 122 Å². The molecular formula is C41H42N2O7S. The molecule has 1 fully saturated rings. The van der Waals surface area contributed by atoms with Crippen LogP contribution in [0.3, 0.4) is 0 Å². The lowest BCUT2D eigenvalue weighted by Crippen LogP contribution is -2.31. The number of aromatic nitrogens is 1. The van der Waals surface area contributed by atoms with E-state index in [1.807, 2.05) is 109 Å². The number of aliphatic carboxylic acids is 1. The molecule has 1 aliphatic rings. The van der Waals surface area contributed by atoms with Crippen LogP contribution in [0.15, 0.2) is 119 Å². The molecule has 1 aromatic heterocycles. The number of benzene rings is 4. The van der Waals surface area contributed by atoms with E-state index in [-0.39, 0.29) is 31.1 Å². The van der Waals surface area contributed by atoms with Gasteiger partial charge in [0.05, 0.1) is 18.8 Å². The lowest BCUT2D eigenvalue weighted by molar-refractivity contribution is -0.245. The normalized spacial score (nSPS) is 17.2. The van der Waals surface area contributed by atoms with Crippen molar-refractivity contribution in [1.29, 1.82) is 0 Å². The van der Waals surface area contributed by atoms with Gasteiger partial charge < -0.3 is 29.4 Å². The van der Waals surface area contributed by atoms with Gasteiger partial charge in [0.1, 0.15) is 5.69 Å². The van der Waals surface area contributed by atoms with E-state index in [4.69, 9.17) is 24.0 Å². The van der Waals surface area contributed by atoms with Crippen LogP contribution in [0.1, 0.15) is 74.0 Å². The summed E-state index contributed by atoms with van der Waals surface area (Å²) in [4.78, 5) is 28.3. The van der Waals surface area contributed by atoms with Gasteiger partial charge in [-0.25, -0.2) is 4.98 Å². The van der Waals surface area contributed by atoms with Gasteiger partial charge in [-0.05, 0) is 36.1 Å². The molecule has 3 atom stereocenters. The van der Waals surface area contributed by atoms with Crippen molar-refractivity contribution in [2.24, 2.45) is 0 Å². The summed E-state index contributed by atoms with van der Waals surface area (Å²) in [6.45, 7) is -0.0356. The van der Waals surface area contributed by atoms with Crippen LogP contribution in [0, 0.1) is 0 Å². The molecule has 1 aliphatic heterocycles. The minimum absolute atomic E-state index is 0.0356. The molecule has 1 saturated heterocycles. The van der Waals surface area contributed by atoms with Crippen molar-refractivity contribution < 1.29 is 33.7 Å². The fourth-order valence-corrected chi connectivity index (χ4v) is 6.87. The van der Waals surface area contributed by atoms with Crippen LogP contribution in [-0.4, -0.2) is 38.9 Å². The Balaban J connectivity index is 1.16. The smallest absolute Gasteiger partial charge is 0.303 e. The topological polar surface area (TPSA) is 131 Å². The zero-order chi connectivity index (χ0) is 35.4. The lowest BCUT2D eigenvalue weighted by atomic mass is 10.0. The molecule has 0 saturated carbocycles. The average molecular weight is 707 g/mol. The molecule has 1 amide bonds. The first kappa shape index (κ1) is 36.1. The number of unbranched alkanes of at least 4 members (excludes halogenated alkanes) is 3. The van der Waals surface area contributed by atoms with Gasteiger partial charge in [-0.15, -0.1) is 0 Å². The van der Waals surface area contributed by atoms with Crippen molar-refractivity contribution >= 4 is 29.3 Å². The molecule has 264 valence electrons. The number of ether oxygens (including phenoxy) is 2. The highest BCUT2D eigenvalue weighted by atomic mass is 32.2. The van der Waals surface area contributed by atoms with Gasteiger partial charge in [0, 0.05) is 47.4 Å². The number of thioether (sulfide) groups is 1. The van der Waals surface area contributed by atoms with E-state index in [2.05, 4.69) is 5.32 Å². The molecule has 0 aliphatic carbocycles. The molecule has 0 radical (unpaired) electrons. The Morgan fingerprint density at radius 3 is 2.20 bits per heavy atom. The molecule has 5 aromatic rings. The van der Waals surface area contributed by atoms with Gasteiger partial charge in [-0.3, -0.25) is 9.59 Å². The number of aliphatic hydroxyl groups is 1. The van der Waals surface area contributed by atoms with Crippen molar-refractivity contribution in [3.05, 3.63) is 126 Å². The Labute approximate surface area is 302 Å². The number of hydrogen-bond acceptors (Lipinski definition) is 8. The Morgan fingerprint density at radius 2 is 1.49 bits per heavy atom. The third-order valence-electron chi connectivity index (χ3n) is 8.69. The summed E-state index contributed by atoms with van der Waals surface area (Å²) in [5.74, 6) is 0.396. The third-order valence-corrected chi connectivity index (χ3v) is 9.65. The SMILES string of the molecule is O=C(O)CCCCCCC(=O)Nc1cccc([C@@H]2O[C@H](CSc3nc(-c4ccccc4)c(-c4ccccc4)o3)C[C@H](c3ccc(CO)cc3)O2)c1. The molecule has 9 nitrogen and oxygen atoms in total. The fourth-order valence-electron chi connectivity index (χ4n) is 6.03. The summed E-state index contributed by atoms with van der Waals surface area (Å²) in [6.07, 6.45) is 2.83. The first-order valence-electron chi connectivity index (χ1n) is 17.3. The average Bonchev–Trinajstić information content (AvgIpc) is 3.60. The van der Waals surface area contributed by atoms with Crippen LogP contribution in [-0.2, 0) is 25.7 Å². The Bertz CT molecular complexity index is 1810. The minimum Gasteiger partial charge on any atom is -0.481 e. The predicted molar refractivity (Wildman–Crippen MR) is 197 cm³/mol. The summed E-state index contributed by atoms with van der Waals surface area (Å²) < 4.78 is 19.5. The van der Waals surface area contributed by atoms with Crippen LogP contribution < -0.4 is 5.32 Å². The van der Waals surface area contributed by atoms with E-state index in [0.717, 1.165) is 46.4 Å². The van der Waals surface area contributed by atoms with Crippen molar-refractivity contribution in [2.75, 3.05) is 11.1 Å².